The number of halogens is 1. The molecule has 0 aliphatic rings. The highest BCUT2D eigenvalue weighted by molar-refractivity contribution is 6.32. The van der Waals surface area contributed by atoms with E-state index < -0.39 is 5.97 Å². The van der Waals surface area contributed by atoms with Crippen LogP contribution in [-0.4, -0.2) is 17.6 Å². The lowest BCUT2D eigenvalue weighted by Gasteiger charge is -2.09. The Balaban J connectivity index is 2.02. The van der Waals surface area contributed by atoms with Gasteiger partial charge in [0, 0.05) is 6.54 Å². The van der Waals surface area contributed by atoms with Gasteiger partial charge >= 0.3 is 5.97 Å². The summed E-state index contributed by atoms with van der Waals surface area (Å²) in [6.45, 7) is 0.581. The Hall–Kier alpha value is -2.51. The zero-order valence-corrected chi connectivity index (χ0v) is 11.9. The standard InChI is InChI=1S/C16H13ClN2O2/c17-14-5-2-6-15(13(14)10-18)19-8-7-11-3-1-4-12(9-11)16(20)21/h1-6,9,19H,7-8H2,(H,20,21). The van der Waals surface area contributed by atoms with E-state index in [-0.39, 0.29) is 5.56 Å². The van der Waals surface area contributed by atoms with E-state index in [0.717, 1.165) is 5.56 Å². The van der Waals surface area contributed by atoms with Crippen molar-refractivity contribution in [2.75, 3.05) is 11.9 Å². The fraction of sp³-hybridized carbons (Fsp3) is 0.125. The number of nitrogens with one attached hydrogen (secondary N) is 1. The predicted molar refractivity (Wildman–Crippen MR) is 81.8 cm³/mol. The lowest BCUT2D eigenvalue weighted by atomic mass is 10.1. The van der Waals surface area contributed by atoms with Crippen LogP contribution in [0.5, 0.6) is 0 Å². The molecule has 0 heterocycles. The van der Waals surface area contributed by atoms with Gasteiger partial charge in [-0.1, -0.05) is 29.8 Å². The van der Waals surface area contributed by atoms with Crippen LogP contribution in [0, 0.1) is 11.3 Å². The molecule has 0 aliphatic carbocycles. The zero-order chi connectivity index (χ0) is 15.2. The van der Waals surface area contributed by atoms with E-state index in [1.54, 1.807) is 36.4 Å². The van der Waals surface area contributed by atoms with Gasteiger partial charge in [-0.25, -0.2) is 4.79 Å². The van der Waals surface area contributed by atoms with Gasteiger partial charge in [0.25, 0.3) is 0 Å². The zero-order valence-electron chi connectivity index (χ0n) is 11.1. The number of hydrogen-bond donors (Lipinski definition) is 2. The molecule has 0 radical (unpaired) electrons. The maximum Gasteiger partial charge on any atom is 0.335 e. The average Bonchev–Trinajstić information content (AvgIpc) is 2.48. The van der Waals surface area contributed by atoms with E-state index in [4.69, 9.17) is 22.0 Å². The van der Waals surface area contributed by atoms with E-state index >= 15 is 0 Å². The van der Waals surface area contributed by atoms with Crippen molar-refractivity contribution in [3.8, 4) is 6.07 Å². The number of anilines is 1. The van der Waals surface area contributed by atoms with Crippen molar-refractivity contribution >= 4 is 23.3 Å². The van der Waals surface area contributed by atoms with Crippen LogP contribution in [0.2, 0.25) is 5.02 Å². The second-order valence-corrected chi connectivity index (χ2v) is 4.86. The Morgan fingerprint density at radius 3 is 2.76 bits per heavy atom. The largest absolute Gasteiger partial charge is 0.478 e. The van der Waals surface area contributed by atoms with Gasteiger partial charge in [0.2, 0.25) is 0 Å². The fourth-order valence-corrected chi connectivity index (χ4v) is 2.20. The first kappa shape index (κ1) is 14.9. The monoisotopic (exact) mass is 300 g/mol. The molecule has 106 valence electrons. The third-order valence-electron chi connectivity index (χ3n) is 3.03. The number of aromatic carboxylic acids is 1. The molecule has 2 N–H and O–H groups in total. The average molecular weight is 301 g/mol. The van der Waals surface area contributed by atoms with Crippen LogP contribution in [-0.2, 0) is 6.42 Å². The molecular formula is C16H13ClN2O2. The normalized spacial score (nSPS) is 9.90. The molecule has 0 fully saturated rings. The summed E-state index contributed by atoms with van der Waals surface area (Å²) in [6, 6.07) is 14.1. The first-order valence-electron chi connectivity index (χ1n) is 6.36. The van der Waals surface area contributed by atoms with Crippen molar-refractivity contribution in [1.29, 1.82) is 5.26 Å². The van der Waals surface area contributed by atoms with Crippen molar-refractivity contribution in [2.24, 2.45) is 0 Å². The predicted octanol–water partition coefficient (Wildman–Crippen LogP) is 3.56. The second kappa shape index (κ2) is 6.78. The Kier molecular flexibility index (Phi) is 4.81. The molecule has 0 bridgehead atoms. The lowest BCUT2D eigenvalue weighted by Crippen LogP contribution is -2.07. The van der Waals surface area contributed by atoms with E-state index in [2.05, 4.69) is 11.4 Å². The summed E-state index contributed by atoms with van der Waals surface area (Å²) in [5.74, 6) is -0.939. The molecule has 0 saturated heterocycles. The molecule has 0 aliphatic heterocycles. The SMILES string of the molecule is N#Cc1c(Cl)cccc1NCCc1cccc(C(=O)O)c1. The van der Waals surface area contributed by atoms with Crippen LogP contribution in [0.3, 0.4) is 0 Å². The second-order valence-electron chi connectivity index (χ2n) is 4.46. The Labute approximate surface area is 127 Å². The summed E-state index contributed by atoms with van der Waals surface area (Å²) in [6.07, 6.45) is 0.651. The first-order valence-corrected chi connectivity index (χ1v) is 6.74. The van der Waals surface area contributed by atoms with Crippen LogP contribution in [0.4, 0.5) is 5.69 Å². The molecule has 5 heteroatoms. The van der Waals surface area contributed by atoms with E-state index in [0.29, 0.717) is 29.2 Å². The number of benzene rings is 2. The molecule has 0 atom stereocenters. The smallest absolute Gasteiger partial charge is 0.335 e. The Morgan fingerprint density at radius 2 is 2.05 bits per heavy atom. The van der Waals surface area contributed by atoms with Crippen molar-refractivity contribution < 1.29 is 9.90 Å². The van der Waals surface area contributed by atoms with E-state index in [1.165, 1.54) is 0 Å². The maximum atomic E-state index is 10.9. The van der Waals surface area contributed by atoms with Crippen molar-refractivity contribution in [3.05, 3.63) is 64.2 Å². The third kappa shape index (κ3) is 3.74. The molecule has 2 aromatic rings. The summed E-state index contributed by atoms with van der Waals surface area (Å²) in [5, 5.41) is 21.6. The molecule has 4 nitrogen and oxygen atoms in total. The highest BCUT2D eigenvalue weighted by Crippen LogP contribution is 2.23. The molecule has 21 heavy (non-hydrogen) atoms. The van der Waals surface area contributed by atoms with Crippen LogP contribution >= 0.6 is 11.6 Å². The van der Waals surface area contributed by atoms with Crippen molar-refractivity contribution in [2.45, 2.75) is 6.42 Å². The molecule has 0 spiro atoms. The topological polar surface area (TPSA) is 73.1 Å². The molecule has 0 aromatic heterocycles. The van der Waals surface area contributed by atoms with Gasteiger partial charge in [0.15, 0.2) is 0 Å². The lowest BCUT2D eigenvalue weighted by molar-refractivity contribution is 0.0697. The summed E-state index contributed by atoms with van der Waals surface area (Å²) in [7, 11) is 0. The molecular weight excluding hydrogens is 288 g/mol. The minimum absolute atomic E-state index is 0.271. The quantitative estimate of drug-likeness (QED) is 0.885. The van der Waals surface area contributed by atoms with Gasteiger partial charge in [-0.3, -0.25) is 0 Å². The minimum atomic E-state index is -0.939. The van der Waals surface area contributed by atoms with Crippen LogP contribution < -0.4 is 5.32 Å². The van der Waals surface area contributed by atoms with Gasteiger partial charge in [0.05, 0.1) is 21.8 Å². The number of rotatable bonds is 5. The number of carboxylic acid groups (broad SMARTS) is 1. The van der Waals surface area contributed by atoms with Crippen LogP contribution in [0.15, 0.2) is 42.5 Å². The molecule has 2 aromatic carbocycles. The summed E-state index contributed by atoms with van der Waals surface area (Å²) < 4.78 is 0. The van der Waals surface area contributed by atoms with Crippen LogP contribution in [0.25, 0.3) is 0 Å². The summed E-state index contributed by atoms with van der Waals surface area (Å²) >= 11 is 5.95. The van der Waals surface area contributed by atoms with Gasteiger partial charge < -0.3 is 10.4 Å². The van der Waals surface area contributed by atoms with E-state index in [9.17, 15) is 4.79 Å². The Morgan fingerprint density at radius 1 is 1.29 bits per heavy atom. The number of carbonyl (C=O) groups is 1. The number of carboxylic acids is 1. The Bertz CT molecular complexity index is 708. The first-order chi connectivity index (χ1) is 10.1. The third-order valence-corrected chi connectivity index (χ3v) is 3.34. The van der Waals surface area contributed by atoms with Gasteiger partial charge in [-0.2, -0.15) is 5.26 Å². The molecule has 0 amide bonds. The number of nitrogens with zero attached hydrogens (tertiary/aromatic N) is 1. The molecule has 0 unspecified atom stereocenters. The maximum absolute atomic E-state index is 10.9. The van der Waals surface area contributed by atoms with Crippen molar-refractivity contribution in [1.82, 2.24) is 0 Å². The van der Waals surface area contributed by atoms with Gasteiger partial charge in [0.1, 0.15) is 6.07 Å². The van der Waals surface area contributed by atoms with Crippen LogP contribution in [0.1, 0.15) is 21.5 Å². The fourth-order valence-electron chi connectivity index (χ4n) is 1.99. The minimum Gasteiger partial charge on any atom is -0.478 e. The van der Waals surface area contributed by atoms with E-state index in [1.807, 2.05) is 6.07 Å². The van der Waals surface area contributed by atoms with Gasteiger partial charge in [-0.05, 0) is 36.2 Å². The van der Waals surface area contributed by atoms with Crippen molar-refractivity contribution in [3.63, 3.8) is 0 Å². The highest BCUT2D eigenvalue weighted by atomic mass is 35.5. The highest BCUT2D eigenvalue weighted by Gasteiger charge is 2.06. The molecule has 0 saturated carbocycles. The van der Waals surface area contributed by atoms with Gasteiger partial charge in [-0.15, -0.1) is 0 Å². The summed E-state index contributed by atoms with van der Waals surface area (Å²) in [5.41, 5.74) is 2.29. The number of nitriles is 1. The number of hydrogen-bond acceptors (Lipinski definition) is 3. The molecule has 2 rings (SSSR count). The summed E-state index contributed by atoms with van der Waals surface area (Å²) in [4.78, 5) is 10.9.